The molecule has 19 heavy (non-hydrogen) atoms. The van der Waals surface area contributed by atoms with Gasteiger partial charge in [-0.25, -0.2) is 0 Å². The Morgan fingerprint density at radius 3 is 2.63 bits per heavy atom. The molecule has 4 heteroatoms. The number of aryl methyl sites for hydroxylation is 1. The summed E-state index contributed by atoms with van der Waals surface area (Å²) in [6.45, 7) is 2.07. The molecule has 1 heterocycles. The molecule has 0 spiro atoms. The van der Waals surface area contributed by atoms with Crippen molar-refractivity contribution in [1.29, 1.82) is 0 Å². The van der Waals surface area contributed by atoms with Crippen molar-refractivity contribution >= 4 is 22.4 Å². The zero-order chi connectivity index (χ0) is 13.1. The van der Waals surface area contributed by atoms with Crippen LogP contribution in [-0.2, 0) is 0 Å². The van der Waals surface area contributed by atoms with Crippen LogP contribution >= 0.6 is 11.5 Å². The number of nitrogens with one attached hydrogen (secondary N) is 1. The second-order valence-corrected chi connectivity index (χ2v) is 5.04. The van der Waals surface area contributed by atoms with Gasteiger partial charge in [-0.2, -0.15) is 9.36 Å². The normalized spacial score (nSPS) is 10.4. The van der Waals surface area contributed by atoms with Gasteiger partial charge in [0.25, 0.3) is 0 Å². The first-order valence-electron chi connectivity index (χ1n) is 6.04. The fraction of sp³-hybridized carbons (Fsp3) is 0.0667. The van der Waals surface area contributed by atoms with Gasteiger partial charge < -0.3 is 5.32 Å². The van der Waals surface area contributed by atoms with E-state index >= 15 is 0 Å². The fourth-order valence-electron chi connectivity index (χ4n) is 1.83. The van der Waals surface area contributed by atoms with Crippen molar-refractivity contribution in [2.24, 2.45) is 0 Å². The number of nitrogens with zero attached hydrogens (tertiary/aromatic N) is 2. The molecule has 0 aliphatic heterocycles. The van der Waals surface area contributed by atoms with Crippen molar-refractivity contribution in [2.75, 3.05) is 5.32 Å². The van der Waals surface area contributed by atoms with Crippen LogP contribution in [0.15, 0.2) is 54.6 Å². The van der Waals surface area contributed by atoms with E-state index in [1.165, 1.54) is 17.1 Å². The third-order valence-electron chi connectivity index (χ3n) is 2.73. The van der Waals surface area contributed by atoms with E-state index in [1.54, 1.807) is 0 Å². The van der Waals surface area contributed by atoms with Crippen molar-refractivity contribution in [3.8, 4) is 11.4 Å². The average Bonchev–Trinajstić information content (AvgIpc) is 2.88. The lowest BCUT2D eigenvalue weighted by Gasteiger charge is -2.02. The van der Waals surface area contributed by atoms with Gasteiger partial charge in [0.1, 0.15) is 0 Å². The maximum Gasteiger partial charge on any atom is 0.207 e. The molecule has 0 saturated carbocycles. The first-order chi connectivity index (χ1) is 9.31. The number of benzene rings is 2. The standard InChI is InChI=1S/C15H13N3S/c1-11-6-5-9-13(10-11)16-15-17-14(18-19-15)12-7-3-2-4-8-12/h2-10H,1H3,(H,16,17,18). The summed E-state index contributed by atoms with van der Waals surface area (Å²) in [4.78, 5) is 4.50. The molecule has 0 unspecified atom stereocenters. The third-order valence-corrected chi connectivity index (χ3v) is 3.36. The molecule has 0 fully saturated rings. The summed E-state index contributed by atoms with van der Waals surface area (Å²) in [6, 6.07) is 18.2. The maximum absolute atomic E-state index is 4.50. The Morgan fingerprint density at radius 2 is 1.84 bits per heavy atom. The highest BCUT2D eigenvalue weighted by Crippen LogP contribution is 2.23. The van der Waals surface area contributed by atoms with Gasteiger partial charge in [-0.05, 0) is 24.6 Å². The van der Waals surface area contributed by atoms with Crippen molar-refractivity contribution < 1.29 is 0 Å². The predicted molar refractivity (Wildman–Crippen MR) is 79.8 cm³/mol. The number of hydrogen-bond donors (Lipinski definition) is 1. The molecule has 1 aromatic heterocycles. The van der Waals surface area contributed by atoms with Gasteiger partial charge in [-0.15, -0.1) is 0 Å². The Hall–Kier alpha value is -2.20. The number of aromatic nitrogens is 2. The van der Waals surface area contributed by atoms with Crippen molar-refractivity contribution in [1.82, 2.24) is 9.36 Å². The SMILES string of the molecule is Cc1cccc(Nc2nc(-c3ccccc3)ns2)c1. The molecule has 0 amide bonds. The van der Waals surface area contributed by atoms with Gasteiger partial charge in [-0.3, -0.25) is 0 Å². The third kappa shape index (κ3) is 2.80. The number of rotatable bonds is 3. The molecule has 0 atom stereocenters. The summed E-state index contributed by atoms with van der Waals surface area (Å²) in [7, 11) is 0. The molecule has 0 bridgehead atoms. The summed E-state index contributed by atoms with van der Waals surface area (Å²) in [5.41, 5.74) is 3.30. The molecule has 1 N–H and O–H groups in total. The second-order valence-electron chi connectivity index (χ2n) is 4.28. The highest BCUT2D eigenvalue weighted by Gasteiger charge is 2.06. The van der Waals surface area contributed by atoms with Gasteiger partial charge in [0.05, 0.1) is 0 Å². The van der Waals surface area contributed by atoms with E-state index in [9.17, 15) is 0 Å². The van der Waals surface area contributed by atoms with E-state index in [4.69, 9.17) is 0 Å². The van der Waals surface area contributed by atoms with Gasteiger partial charge in [-0.1, -0.05) is 42.5 Å². The Morgan fingerprint density at radius 1 is 1.00 bits per heavy atom. The minimum absolute atomic E-state index is 0.765. The van der Waals surface area contributed by atoms with Crippen LogP contribution < -0.4 is 5.32 Å². The van der Waals surface area contributed by atoms with Crippen LogP contribution in [-0.4, -0.2) is 9.36 Å². The smallest absolute Gasteiger partial charge is 0.207 e. The molecule has 0 saturated heterocycles. The fourth-order valence-corrected chi connectivity index (χ4v) is 2.43. The summed E-state index contributed by atoms with van der Waals surface area (Å²) in [5, 5.41) is 4.09. The van der Waals surface area contributed by atoms with Crippen LogP contribution in [0.4, 0.5) is 10.8 Å². The van der Waals surface area contributed by atoms with Crippen molar-refractivity contribution in [3.05, 3.63) is 60.2 Å². The number of anilines is 2. The Balaban J connectivity index is 1.82. The van der Waals surface area contributed by atoms with Crippen LogP contribution in [0, 0.1) is 6.92 Å². The van der Waals surface area contributed by atoms with Gasteiger partial charge >= 0.3 is 0 Å². The molecule has 3 rings (SSSR count). The van der Waals surface area contributed by atoms with Crippen molar-refractivity contribution in [3.63, 3.8) is 0 Å². The molecule has 3 nitrogen and oxygen atoms in total. The van der Waals surface area contributed by atoms with E-state index in [1.807, 2.05) is 42.5 Å². The quantitative estimate of drug-likeness (QED) is 0.770. The summed E-state index contributed by atoms with van der Waals surface area (Å²) in [5.74, 6) is 0.765. The Labute approximate surface area is 116 Å². The lowest BCUT2D eigenvalue weighted by molar-refractivity contribution is 1.31. The maximum atomic E-state index is 4.50. The predicted octanol–water partition coefficient (Wildman–Crippen LogP) is 4.26. The van der Waals surface area contributed by atoms with Crippen molar-refractivity contribution in [2.45, 2.75) is 6.92 Å². The second kappa shape index (κ2) is 5.20. The minimum Gasteiger partial charge on any atom is -0.330 e. The Bertz CT molecular complexity index is 677. The van der Waals surface area contributed by atoms with E-state index in [-0.39, 0.29) is 0 Å². The molecule has 0 radical (unpaired) electrons. The summed E-state index contributed by atoms with van der Waals surface area (Å²) >= 11 is 1.37. The van der Waals surface area contributed by atoms with Gasteiger partial charge in [0.15, 0.2) is 5.82 Å². The topological polar surface area (TPSA) is 37.8 Å². The minimum atomic E-state index is 0.765. The Kier molecular flexibility index (Phi) is 3.25. The number of hydrogen-bond acceptors (Lipinski definition) is 4. The lowest BCUT2D eigenvalue weighted by Crippen LogP contribution is -1.89. The highest BCUT2D eigenvalue weighted by molar-refractivity contribution is 7.09. The van der Waals surface area contributed by atoms with Crippen LogP contribution in [0.2, 0.25) is 0 Å². The monoisotopic (exact) mass is 267 g/mol. The van der Waals surface area contributed by atoms with Gasteiger partial charge in [0.2, 0.25) is 5.13 Å². The largest absolute Gasteiger partial charge is 0.330 e. The summed E-state index contributed by atoms with van der Waals surface area (Å²) in [6.07, 6.45) is 0. The van der Waals surface area contributed by atoms with E-state index in [0.29, 0.717) is 0 Å². The van der Waals surface area contributed by atoms with E-state index in [2.05, 4.69) is 33.7 Å². The molecule has 94 valence electrons. The van der Waals surface area contributed by atoms with Crippen LogP contribution in [0.25, 0.3) is 11.4 Å². The highest BCUT2D eigenvalue weighted by atomic mass is 32.1. The van der Waals surface area contributed by atoms with Crippen LogP contribution in [0.3, 0.4) is 0 Å². The zero-order valence-corrected chi connectivity index (χ0v) is 11.3. The molecule has 0 aliphatic rings. The van der Waals surface area contributed by atoms with Crippen LogP contribution in [0.5, 0.6) is 0 Å². The lowest BCUT2D eigenvalue weighted by atomic mass is 10.2. The average molecular weight is 267 g/mol. The van der Waals surface area contributed by atoms with Crippen LogP contribution in [0.1, 0.15) is 5.56 Å². The molecule has 2 aromatic carbocycles. The van der Waals surface area contributed by atoms with Gasteiger partial charge in [0, 0.05) is 22.8 Å². The first-order valence-corrected chi connectivity index (χ1v) is 6.81. The van der Waals surface area contributed by atoms with E-state index < -0.39 is 0 Å². The summed E-state index contributed by atoms with van der Waals surface area (Å²) < 4.78 is 4.37. The van der Waals surface area contributed by atoms with E-state index in [0.717, 1.165) is 22.2 Å². The zero-order valence-electron chi connectivity index (χ0n) is 10.5. The molecular weight excluding hydrogens is 254 g/mol. The molecule has 0 aliphatic carbocycles. The molecular formula is C15H13N3S. The first kappa shape index (κ1) is 11.9. The molecule has 3 aromatic rings.